The van der Waals surface area contributed by atoms with Crippen LogP contribution in [0.1, 0.15) is 45.5 Å². The summed E-state index contributed by atoms with van der Waals surface area (Å²) < 4.78 is 1.13. The molecule has 124 valence electrons. The summed E-state index contributed by atoms with van der Waals surface area (Å²) >= 11 is 1.71. The quantitative estimate of drug-likeness (QED) is 0.877. The van der Waals surface area contributed by atoms with Crippen LogP contribution in [-0.4, -0.2) is 23.5 Å². The van der Waals surface area contributed by atoms with E-state index >= 15 is 0 Å². The number of hydrogen-bond acceptors (Lipinski definition) is 4. The largest absolute Gasteiger partial charge is 0.326 e. The number of carbonyl (C=O) groups excluding carboxylic acids is 1. The molecule has 1 aliphatic rings. The first kappa shape index (κ1) is 16.4. The number of benzene rings is 1. The van der Waals surface area contributed by atoms with Crippen LogP contribution >= 0.6 is 11.3 Å². The highest BCUT2D eigenvalue weighted by Crippen LogP contribution is 2.32. The number of thiazole rings is 1. The van der Waals surface area contributed by atoms with E-state index in [0.29, 0.717) is 6.04 Å². The third-order valence-corrected chi connectivity index (χ3v) is 5.74. The van der Waals surface area contributed by atoms with Crippen LogP contribution in [0.5, 0.6) is 0 Å². The fourth-order valence-corrected chi connectivity index (χ4v) is 4.00. The zero-order chi connectivity index (χ0) is 16.6. The third-order valence-electron chi connectivity index (χ3n) is 4.29. The van der Waals surface area contributed by atoms with Gasteiger partial charge in [0, 0.05) is 23.1 Å². The van der Waals surface area contributed by atoms with Crippen molar-refractivity contribution in [3.05, 3.63) is 23.2 Å². The monoisotopic (exact) mass is 331 g/mol. The lowest BCUT2D eigenvalue weighted by Crippen LogP contribution is -2.40. The van der Waals surface area contributed by atoms with Crippen molar-refractivity contribution in [1.29, 1.82) is 0 Å². The molecule has 1 aliphatic heterocycles. The number of anilines is 1. The van der Waals surface area contributed by atoms with Crippen molar-refractivity contribution < 1.29 is 4.79 Å². The molecule has 1 aromatic carbocycles. The van der Waals surface area contributed by atoms with E-state index in [1.165, 1.54) is 0 Å². The van der Waals surface area contributed by atoms with Gasteiger partial charge in [0.05, 0.1) is 15.2 Å². The fourth-order valence-electron chi connectivity index (χ4n) is 2.94. The maximum atomic E-state index is 12.5. The van der Waals surface area contributed by atoms with Gasteiger partial charge in [0.15, 0.2) is 0 Å². The molecule has 0 unspecified atom stereocenters. The molecule has 1 amide bonds. The SMILES string of the molecule is C[C@H]1C[C@@H](C(=O)Nc2ccc3nc(C(C)(C)C)sc3c2)CCN1. The van der Waals surface area contributed by atoms with Crippen LogP contribution in [0.4, 0.5) is 5.69 Å². The lowest BCUT2D eigenvalue weighted by Gasteiger charge is -2.27. The highest BCUT2D eigenvalue weighted by Gasteiger charge is 2.25. The molecule has 23 heavy (non-hydrogen) atoms. The Bertz CT molecular complexity index is 717. The molecule has 0 saturated carbocycles. The highest BCUT2D eigenvalue weighted by molar-refractivity contribution is 7.18. The fraction of sp³-hybridized carbons (Fsp3) is 0.556. The van der Waals surface area contributed by atoms with Crippen LogP contribution in [0.3, 0.4) is 0 Å². The highest BCUT2D eigenvalue weighted by atomic mass is 32.1. The van der Waals surface area contributed by atoms with Crippen molar-refractivity contribution >= 4 is 33.1 Å². The smallest absolute Gasteiger partial charge is 0.227 e. The normalized spacial score (nSPS) is 22.3. The van der Waals surface area contributed by atoms with E-state index < -0.39 is 0 Å². The van der Waals surface area contributed by atoms with Crippen molar-refractivity contribution in [2.75, 3.05) is 11.9 Å². The molecule has 0 bridgehead atoms. The molecular weight excluding hydrogens is 306 g/mol. The molecule has 0 aliphatic carbocycles. The van der Waals surface area contributed by atoms with Gasteiger partial charge in [-0.05, 0) is 44.5 Å². The Morgan fingerprint density at radius 2 is 2.17 bits per heavy atom. The average Bonchev–Trinajstić information content (AvgIpc) is 2.90. The second kappa shape index (κ2) is 6.21. The molecule has 1 fully saturated rings. The minimum atomic E-state index is 0.0539. The Kier molecular flexibility index (Phi) is 4.43. The van der Waals surface area contributed by atoms with Gasteiger partial charge in [0.2, 0.25) is 5.91 Å². The van der Waals surface area contributed by atoms with Gasteiger partial charge in [-0.2, -0.15) is 0 Å². The predicted octanol–water partition coefficient (Wildman–Crippen LogP) is 3.92. The summed E-state index contributed by atoms with van der Waals surface area (Å²) in [4.78, 5) is 17.2. The Morgan fingerprint density at radius 3 is 2.87 bits per heavy atom. The van der Waals surface area contributed by atoms with Crippen molar-refractivity contribution in [2.24, 2.45) is 5.92 Å². The predicted molar refractivity (Wildman–Crippen MR) is 97.1 cm³/mol. The molecule has 2 atom stereocenters. The van der Waals surface area contributed by atoms with Gasteiger partial charge in [-0.25, -0.2) is 4.98 Å². The lowest BCUT2D eigenvalue weighted by molar-refractivity contribution is -0.120. The van der Waals surface area contributed by atoms with Gasteiger partial charge in [-0.15, -0.1) is 11.3 Å². The van der Waals surface area contributed by atoms with Gasteiger partial charge in [0.1, 0.15) is 0 Å². The van der Waals surface area contributed by atoms with Crippen LogP contribution < -0.4 is 10.6 Å². The van der Waals surface area contributed by atoms with Crippen LogP contribution in [0.25, 0.3) is 10.2 Å². The van der Waals surface area contributed by atoms with Gasteiger partial charge in [-0.1, -0.05) is 20.8 Å². The van der Waals surface area contributed by atoms with Gasteiger partial charge < -0.3 is 10.6 Å². The second-order valence-electron chi connectivity index (χ2n) is 7.52. The van der Waals surface area contributed by atoms with E-state index in [1.807, 2.05) is 18.2 Å². The number of piperidine rings is 1. The lowest BCUT2D eigenvalue weighted by atomic mass is 9.92. The standard InChI is InChI=1S/C18H25N3OS/c1-11-9-12(7-8-19-11)16(22)20-13-5-6-14-15(10-13)23-17(21-14)18(2,3)4/h5-6,10-12,19H,7-9H2,1-4H3,(H,20,22)/t11-,12-/m0/s1. The number of rotatable bonds is 2. The summed E-state index contributed by atoms with van der Waals surface area (Å²) in [5.41, 5.74) is 1.93. The molecule has 0 spiro atoms. The Hall–Kier alpha value is -1.46. The van der Waals surface area contributed by atoms with E-state index in [4.69, 9.17) is 4.98 Å². The van der Waals surface area contributed by atoms with Crippen LogP contribution in [0.15, 0.2) is 18.2 Å². The molecule has 4 nitrogen and oxygen atoms in total. The van der Waals surface area contributed by atoms with Crippen LogP contribution in [0, 0.1) is 5.92 Å². The first-order chi connectivity index (χ1) is 10.8. The van der Waals surface area contributed by atoms with Crippen molar-refractivity contribution in [2.45, 2.75) is 52.0 Å². The topological polar surface area (TPSA) is 54.0 Å². The molecular formula is C18H25N3OS. The van der Waals surface area contributed by atoms with Gasteiger partial charge >= 0.3 is 0 Å². The molecule has 3 rings (SSSR count). The first-order valence-electron chi connectivity index (χ1n) is 8.28. The summed E-state index contributed by atoms with van der Waals surface area (Å²) in [6.07, 6.45) is 1.82. The number of amides is 1. The van der Waals surface area contributed by atoms with E-state index in [1.54, 1.807) is 11.3 Å². The number of fused-ring (bicyclic) bond motifs is 1. The maximum Gasteiger partial charge on any atom is 0.227 e. The first-order valence-corrected chi connectivity index (χ1v) is 9.10. The van der Waals surface area contributed by atoms with E-state index in [2.05, 4.69) is 38.3 Å². The molecule has 2 aromatic rings. The van der Waals surface area contributed by atoms with E-state index in [-0.39, 0.29) is 17.2 Å². The summed E-state index contributed by atoms with van der Waals surface area (Å²) in [6.45, 7) is 9.57. The van der Waals surface area contributed by atoms with Crippen molar-refractivity contribution in [1.82, 2.24) is 10.3 Å². The summed E-state index contributed by atoms with van der Waals surface area (Å²) in [5.74, 6) is 0.242. The zero-order valence-corrected chi connectivity index (χ0v) is 15.1. The molecule has 2 N–H and O–H groups in total. The summed E-state index contributed by atoms with van der Waals surface area (Å²) in [6, 6.07) is 6.42. The maximum absolute atomic E-state index is 12.5. The van der Waals surface area contributed by atoms with E-state index in [0.717, 1.165) is 40.3 Å². The minimum absolute atomic E-state index is 0.0539. The minimum Gasteiger partial charge on any atom is -0.326 e. The van der Waals surface area contributed by atoms with Gasteiger partial charge in [0.25, 0.3) is 0 Å². The number of aromatic nitrogens is 1. The molecule has 0 radical (unpaired) electrons. The third kappa shape index (κ3) is 3.72. The van der Waals surface area contributed by atoms with Crippen molar-refractivity contribution in [3.63, 3.8) is 0 Å². The summed E-state index contributed by atoms with van der Waals surface area (Å²) in [7, 11) is 0. The van der Waals surface area contributed by atoms with Crippen LogP contribution in [0.2, 0.25) is 0 Å². The number of hydrogen-bond donors (Lipinski definition) is 2. The molecule has 1 saturated heterocycles. The zero-order valence-electron chi connectivity index (χ0n) is 14.3. The van der Waals surface area contributed by atoms with Crippen molar-refractivity contribution in [3.8, 4) is 0 Å². The Balaban J connectivity index is 1.76. The second-order valence-corrected chi connectivity index (χ2v) is 8.55. The molecule has 1 aromatic heterocycles. The number of nitrogens with zero attached hydrogens (tertiary/aromatic N) is 1. The average molecular weight is 331 g/mol. The van der Waals surface area contributed by atoms with Crippen LogP contribution in [-0.2, 0) is 10.2 Å². The number of nitrogens with one attached hydrogen (secondary N) is 2. The van der Waals surface area contributed by atoms with E-state index in [9.17, 15) is 4.79 Å². The Labute approximate surface area is 141 Å². The van der Waals surface area contributed by atoms with Gasteiger partial charge in [-0.3, -0.25) is 4.79 Å². The summed E-state index contributed by atoms with van der Waals surface area (Å²) in [5, 5.41) is 7.60. The Morgan fingerprint density at radius 1 is 1.39 bits per heavy atom. The molecule has 5 heteroatoms. The molecule has 2 heterocycles. The number of carbonyl (C=O) groups is 1.